The number of ketones is 2. The van der Waals surface area contributed by atoms with Gasteiger partial charge in [0, 0.05) is 29.4 Å². The van der Waals surface area contributed by atoms with E-state index in [0.717, 1.165) is 24.3 Å². The van der Waals surface area contributed by atoms with Gasteiger partial charge in [-0.25, -0.2) is 0 Å². The van der Waals surface area contributed by atoms with E-state index in [0.29, 0.717) is 12.1 Å². The highest BCUT2D eigenvalue weighted by molar-refractivity contribution is 7.86. The predicted molar refractivity (Wildman–Crippen MR) is 210 cm³/mol. The molecule has 7 rings (SSSR count). The Morgan fingerprint density at radius 1 is 0.629 bits per heavy atom. The van der Waals surface area contributed by atoms with Crippen molar-refractivity contribution in [1.82, 2.24) is 24.9 Å². The van der Waals surface area contributed by atoms with Gasteiger partial charge in [0.1, 0.15) is 20.5 Å². The molecular weight excluding hydrogens is 890 g/mol. The molecule has 320 valence electrons. The number of nitrogens with two attached hydrogens (primary N) is 1. The number of anilines is 8. The molecule has 4 aromatic carbocycles. The first-order valence-electron chi connectivity index (χ1n) is 17.0. The van der Waals surface area contributed by atoms with Crippen LogP contribution in [0.4, 0.5) is 59.3 Å². The summed E-state index contributed by atoms with van der Waals surface area (Å²) in [6, 6.07) is 12.1. The van der Waals surface area contributed by atoms with Crippen LogP contribution in [0.3, 0.4) is 0 Å². The molecular formula is C35H25F3N10O11S3. The molecule has 2 aromatic heterocycles. The van der Waals surface area contributed by atoms with Gasteiger partial charge in [0.25, 0.3) is 30.4 Å². The monoisotopic (exact) mass is 914 g/mol. The van der Waals surface area contributed by atoms with Crippen LogP contribution in [0.25, 0.3) is 0 Å². The summed E-state index contributed by atoms with van der Waals surface area (Å²) in [5.41, 5.74) is 2.26. The van der Waals surface area contributed by atoms with Crippen LogP contribution >= 0.6 is 0 Å². The maximum Gasteiger partial charge on any atom is 0.315 e. The molecule has 0 fully saturated rings. The zero-order valence-electron chi connectivity index (χ0n) is 30.8. The van der Waals surface area contributed by atoms with E-state index < -0.39 is 133 Å². The fraction of sp³-hybridized carbons (Fsp3) is 0.0571. The van der Waals surface area contributed by atoms with E-state index in [-0.39, 0.29) is 27.9 Å². The molecule has 1 aliphatic carbocycles. The fourth-order valence-electron chi connectivity index (χ4n) is 6.36. The van der Waals surface area contributed by atoms with Gasteiger partial charge < -0.3 is 27.0 Å². The molecule has 62 heavy (non-hydrogen) atoms. The van der Waals surface area contributed by atoms with E-state index in [1.54, 1.807) is 0 Å². The molecule has 0 atom stereocenters. The number of nitrogens with one attached hydrogen (secondary N) is 4. The number of hydrogen-bond donors (Lipinski definition) is 8. The molecule has 1 aliphatic rings. The van der Waals surface area contributed by atoms with Crippen molar-refractivity contribution in [1.29, 1.82) is 0 Å². The molecule has 27 heteroatoms. The molecule has 0 unspecified atom stereocenters. The molecule has 2 heterocycles. The standard InChI is InChI=1S/C35H25F3N10O11S3/c1-14-8-15(13-40-34-46-33(38)47-35(48-34)43-19-10-16(6-7-21(19)60(51,52)53)41-25-12-24(36)44-32(37)45-25)29(23(9-14)62(57,58)59)42-20-11-22(61(54,55)56)28(39)27-26(20)30(49)17-4-2-3-5-18(17)31(27)50/h2-12,42H,13,39H2,1H3,(H,41,44,45)(H,51,52,53)(H,54,55,56)(H,57,58,59)(H2,40,43,46,47,48). The van der Waals surface area contributed by atoms with Crippen molar-refractivity contribution < 1.29 is 61.7 Å². The zero-order valence-corrected chi connectivity index (χ0v) is 33.3. The number of aromatic nitrogens is 5. The van der Waals surface area contributed by atoms with Gasteiger partial charge in [-0.2, -0.15) is 63.3 Å². The second-order valence-corrected chi connectivity index (χ2v) is 17.2. The van der Waals surface area contributed by atoms with E-state index in [9.17, 15) is 61.7 Å². The first-order valence-corrected chi connectivity index (χ1v) is 21.3. The van der Waals surface area contributed by atoms with Crippen molar-refractivity contribution in [2.75, 3.05) is 27.0 Å². The Labute approximate surface area is 347 Å². The van der Waals surface area contributed by atoms with Crippen molar-refractivity contribution in [3.05, 3.63) is 118 Å². The minimum absolute atomic E-state index is 0.0688. The van der Waals surface area contributed by atoms with E-state index in [4.69, 9.17) is 5.73 Å². The van der Waals surface area contributed by atoms with Crippen LogP contribution in [0.15, 0.2) is 81.4 Å². The van der Waals surface area contributed by atoms with Crippen molar-refractivity contribution >= 4 is 88.1 Å². The topological polar surface area (TPSA) is 336 Å². The van der Waals surface area contributed by atoms with E-state index in [2.05, 4.69) is 46.2 Å². The van der Waals surface area contributed by atoms with Crippen molar-refractivity contribution in [2.45, 2.75) is 28.2 Å². The lowest BCUT2D eigenvalue weighted by molar-refractivity contribution is 0.0980. The van der Waals surface area contributed by atoms with Gasteiger partial charge in [0.2, 0.25) is 17.8 Å². The number of rotatable bonds is 12. The van der Waals surface area contributed by atoms with Gasteiger partial charge >= 0.3 is 12.2 Å². The number of benzene rings is 4. The molecule has 0 saturated heterocycles. The Kier molecular flexibility index (Phi) is 10.9. The molecule has 9 N–H and O–H groups in total. The van der Waals surface area contributed by atoms with Crippen LogP contribution in [0.1, 0.15) is 43.0 Å². The van der Waals surface area contributed by atoms with Crippen LogP contribution in [0.2, 0.25) is 0 Å². The number of hydrogen-bond acceptors (Lipinski definition) is 18. The van der Waals surface area contributed by atoms with Gasteiger partial charge in [0.05, 0.1) is 33.9 Å². The summed E-state index contributed by atoms with van der Waals surface area (Å²) in [5.74, 6) is -4.72. The Bertz CT molecular complexity index is 3250. The summed E-state index contributed by atoms with van der Waals surface area (Å²) < 4.78 is 147. The fourth-order valence-corrected chi connectivity index (χ4v) is 8.41. The normalized spacial score (nSPS) is 12.7. The highest BCUT2D eigenvalue weighted by Gasteiger charge is 2.37. The van der Waals surface area contributed by atoms with Crippen molar-refractivity contribution in [3.8, 4) is 0 Å². The second-order valence-electron chi connectivity index (χ2n) is 13.0. The summed E-state index contributed by atoms with van der Waals surface area (Å²) in [6.07, 6.45) is -2.91. The lowest BCUT2D eigenvalue weighted by atomic mass is 9.82. The lowest BCUT2D eigenvalue weighted by Crippen LogP contribution is -2.25. The van der Waals surface area contributed by atoms with Gasteiger partial charge in [-0.15, -0.1) is 0 Å². The van der Waals surface area contributed by atoms with E-state index >= 15 is 0 Å². The summed E-state index contributed by atoms with van der Waals surface area (Å²) in [6.45, 7) is 0.843. The van der Waals surface area contributed by atoms with Gasteiger partial charge in [0.15, 0.2) is 11.6 Å². The smallest absolute Gasteiger partial charge is 0.315 e. The van der Waals surface area contributed by atoms with Gasteiger partial charge in [-0.05, 0) is 48.4 Å². The predicted octanol–water partition coefficient (Wildman–Crippen LogP) is 4.33. The van der Waals surface area contributed by atoms with Crippen molar-refractivity contribution in [2.24, 2.45) is 0 Å². The lowest BCUT2D eigenvalue weighted by Gasteiger charge is -2.25. The molecule has 21 nitrogen and oxygen atoms in total. The third kappa shape index (κ3) is 8.69. The number of fused-ring (bicyclic) bond motifs is 2. The molecule has 0 saturated carbocycles. The first kappa shape index (κ1) is 42.9. The molecule has 0 radical (unpaired) electrons. The molecule has 0 aliphatic heterocycles. The Hall–Kier alpha value is -7.17. The Balaban J connectivity index is 1.28. The number of carbonyl (C=O) groups excluding carboxylic acids is 2. The Morgan fingerprint density at radius 2 is 1.24 bits per heavy atom. The van der Waals surface area contributed by atoms with Crippen molar-refractivity contribution in [3.63, 3.8) is 0 Å². The zero-order chi connectivity index (χ0) is 45.1. The van der Waals surface area contributed by atoms with Gasteiger partial charge in [-0.1, -0.05) is 30.3 Å². The molecule has 6 aromatic rings. The number of carbonyl (C=O) groups is 2. The average Bonchev–Trinajstić information content (AvgIpc) is 3.15. The number of nitrogens with zero attached hydrogens (tertiary/aromatic N) is 5. The first-order chi connectivity index (χ1) is 29.0. The van der Waals surface area contributed by atoms with Crippen LogP contribution in [-0.4, -0.2) is 75.4 Å². The largest absolute Gasteiger partial charge is 0.397 e. The summed E-state index contributed by atoms with van der Waals surface area (Å²) in [5, 5.41) is 10.1. The van der Waals surface area contributed by atoms with E-state index in [1.165, 1.54) is 37.3 Å². The highest BCUT2D eigenvalue weighted by Crippen LogP contribution is 2.42. The summed E-state index contributed by atoms with van der Waals surface area (Å²) in [7, 11) is -15.4. The number of aryl methyl sites for hydroxylation is 1. The van der Waals surface area contributed by atoms with Crippen LogP contribution in [0.5, 0.6) is 0 Å². The maximum atomic E-state index is 14.9. The third-order valence-corrected chi connectivity index (χ3v) is 11.5. The van der Waals surface area contributed by atoms with Crippen LogP contribution in [-0.2, 0) is 36.9 Å². The third-order valence-electron chi connectivity index (χ3n) is 8.83. The SMILES string of the molecule is Cc1cc(CNc2nc(F)nc(Nc3cc(Nc4cc(F)nc(F)n4)ccc3S(=O)(=O)O)n2)c(Nc2cc(S(=O)(=O)O)c(N)c3c2C(=O)c2ccccc2C3=O)c(S(=O)(=O)O)c1. The van der Waals surface area contributed by atoms with Crippen LogP contribution in [0, 0.1) is 25.0 Å². The highest BCUT2D eigenvalue weighted by atomic mass is 32.2. The Morgan fingerprint density at radius 3 is 1.87 bits per heavy atom. The number of halogens is 3. The second kappa shape index (κ2) is 15.7. The maximum absolute atomic E-state index is 14.9. The minimum Gasteiger partial charge on any atom is -0.397 e. The minimum atomic E-state index is -5.22. The molecule has 0 bridgehead atoms. The van der Waals surface area contributed by atoms with E-state index in [1.807, 2.05) is 0 Å². The molecule has 0 spiro atoms. The average molecular weight is 915 g/mol. The number of nitrogen functional groups attached to an aromatic ring is 1. The molecule has 0 amide bonds. The van der Waals surface area contributed by atoms with Crippen LogP contribution < -0.4 is 27.0 Å². The van der Waals surface area contributed by atoms with Gasteiger partial charge in [-0.3, -0.25) is 23.2 Å². The quantitative estimate of drug-likeness (QED) is 0.0366. The summed E-state index contributed by atoms with van der Waals surface area (Å²) in [4.78, 5) is 42.1. The summed E-state index contributed by atoms with van der Waals surface area (Å²) >= 11 is 0.